The first-order valence-corrected chi connectivity index (χ1v) is 4.78. The smallest absolute Gasteiger partial charge is 0.282 e. The fourth-order valence-electron chi connectivity index (χ4n) is 1.59. The van der Waals surface area contributed by atoms with Crippen molar-refractivity contribution in [1.29, 1.82) is 0 Å². The van der Waals surface area contributed by atoms with E-state index < -0.39 is 5.97 Å². The molecule has 3 N–H and O–H groups in total. The van der Waals surface area contributed by atoms with Gasteiger partial charge in [-0.05, 0) is 6.92 Å². The highest BCUT2D eigenvalue weighted by Gasteiger charge is 2.36. The molecule has 0 aromatic heterocycles. The highest BCUT2D eigenvalue weighted by Crippen LogP contribution is 2.10. The van der Waals surface area contributed by atoms with Gasteiger partial charge in [-0.25, -0.2) is 4.90 Å². The lowest BCUT2D eigenvalue weighted by Crippen LogP contribution is -2.70. The summed E-state index contributed by atoms with van der Waals surface area (Å²) >= 11 is 0. The van der Waals surface area contributed by atoms with Gasteiger partial charge in [-0.3, -0.25) is 10.1 Å². The number of hydrogen-bond acceptors (Lipinski definition) is 4. The largest absolute Gasteiger partial charge is 0.341 e. The number of aliphatic hydroxyl groups is 1. The van der Waals surface area contributed by atoms with E-state index in [9.17, 15) is 9.90 Å². The third-order valence-corrected chi connectivity index (χ3v) is 2.24. The van der Waals surface area contributed by atoms with Crippen LogP contribution in [0.15, 0.2) is 11.8 Å². The third-order valence-electron chi connectivity index (χ3n) is 2.24. The average Bonchev–Trinajstić information content (AvgIpc) is 2.02. The zero-order chi connectivity index (χ0) is 10.8. The van der Waals surface area contributed by atoms with E-state index in [1.54, 1.807) is 11.8 Å². The molecular formula is C9H17N3O2. The van der Waals surface area contributed by atoms with Crippen molar-refractivity contribution in [2.75, 3.05) is 13.1 Å². The molecule has 0 spiro atoms. The average molecular weight is 199 g/mol. The molecule has 1 aliphatic heterocycles. The number of amides is 1. The minimum absolute atomic E-state index is 0.282. The predicted molar refractivity (Wildman–Crippen MR) is 52.9 cm³/mol. The summed E-state index contributed by atoms with van der Waals surface area (Å²) in [6, 6.07) is 0. The van der Waals surface area contributed by atoms with Crippen LogP contribution < -0.4 is 10.6 Å². The minimum atomic E-state index is -1.45. The van der Waals surface area contributed by atoms with E-state index in [-0.39, 0.29) is 5.91 Å². The second kappa shape index (κ2) is 3.98. The van der Waals surface area contributed by atoms with Crippen LogP contribution in [0, 0.1) is 0 Å². The molecule has 0 fully saturated rings. The summed E-state index contributed by atoms with van der Waals surface area (Å²) in [6.45, 7) is 6.88. The molecule has 1 atom stereocenters. The van der Waals surface area contributed by atoms with Crippen molar-refractivity contribution < 1.29 is 9.90 Å². The molecule has 14 heavy (non-hydrogen) atoms. The van der Waals surface area contributed by atoms with E-state index in [1.165, 1.54) is 6.08 Å². The Bertz CT molecular complexity index is 261. The molecule has 0 bridgehead atoms. The Kier molecular flexibility index (Phi) is 3.13. The number of carbonyl (C=O) groups is 1. The molecule has 1 amide bonds. The molecule has 1 unspecified atom stereocenters. The van der Waals surface area contributed by atoms with Crippen LogP contribution in [-0.2, 0) is 4.79 Å². The topological polar surface area (TPSA) is 64.6 Å². The first kappa shape index (κ1) is 11.0. The van der Waals surface area contributed by atoms with Gasteiger partial charge in [-0.1, -0.05) is 13.8 Å². The quantitative estimate of drug-likeness (QED) is 0.539. The first-order valence-electron chi connectivity index (χ1n) is 4.78. The zero-order valence-electron chi connectivity index (χ0n) is 8.79. The Morgan fingerprint density at radius 3 is 2.43 bits per heavy atom. The van der Waals surface area contributed by atoms with Crippen LogP contribution in [0.5, 0.6) is 0 Å². The monoisotopic (exact) mass is 199 g/mol. The van der Waals surface area contributed by atoms with E-state index in [1.807, 2.05) is 13.8 Å². The van der Waals surface area contributed by atoms with Crippen LogP contribution in [0.2, 0.25) is 0 Å². The second-order valence-electron chi connectivity index (χ2n) is 3.29. The normalized spacial score (nSPS) is 26.9. The molecule has 0 aliphatic carbocycles. The van der Waals surface area contributed by atoms with Crippen molar-refractivity contribution in [2.24, 2.45) is 0 Å². The van der Waals surface area contributed by atoms with Gasteiger partial charge in [-0.15, -0.1) is 0 Å². The maximum absolute atomic E-state index is 11.2. The second-order valence-corrected chi connectivity index (χ2v) is 3.29. The Morgan fingerprint density at radius 1 is 1.43 bits per heavy atom. The van der Waals surface area contributed by atoms with Gasteiger partial charge >= 0.3 is 0 Å². The molecule has 0 saturated heterocycles. The summed E-state index contributed by atoms with van der Waals surface area (Å²) in [7, 11) is 0. The Balaban J connectivity index is 2.85. The van der Waals surface area contributed by atoms with Gasteiger partial charge in [0.05, 0.1) is 0 Å². The van der Waals surface area contributed by atoms with Gasteiger partial charge in [0.15, 0.2) is 0 Å². The first-order chi connectivity index (χ1) is 6.51. The summed E-state index contributed by atoms with van der Waals surface area (Å²) in [5.41, 5.74) is 0.656. The van der Waals surface area contributed by atoms with E-state index in [4.69, 9.17) is 0 Å². The number of carbonyl (C=O) groups excluding carboxylic acids is 1. The highest BCUT2D eigenvalue weighted by atomic mass is 16.4. The lowest BCUT2D eigenvalue weighted by molar-refractivity contribution is -0.164. The standard InChI is InChI=1S/C9H17N3O2/c1-4-12(5-2)9(14)10-7(3)6-8(13)11-9/h6,10,14H,4-5H2,1-3H3,(H,11,13). The summed E-state index contributed by atoms with van der Waals surface area (Å²) in [5.74, 6) is -1.73. The van der Waals surface area contributed by atoms with Gasteiger partial charge in [0.25, 0.3) is 5.97 Å². The van der Waals surface area contributed by atoms with Crippen molar-refractivity contribution in [1.82, 2.24) is 15.5 Å². The molecular weight excluding hydrogens is 182 g/mol. The minimum Gasteiger partial charge on any atom is -0.341 e. The fraction of sp³-hybridized carbons (Fsp3) is 0.667. The number of rotatable bonds is 3. The van der Waals surface area contributed by atoms with Gasteiger partial charge in [0.2, 0.25) is 5.91 Å². The maximum Gasteiger partial charge on any atom is 0.282 e. The van der Waals surface area contributed by atoms with Crippen LogP contribution in [0.25, 0.3) is 0 Å². The van der Waals surface area contributed by atoms with Gasteiger partial charge in [0.1, 0.15) is 0 Å². The van der Waals surface area contributed by atoms with Crippen LogP contribution in [0.1, 0.15) is 20.8 Å². The van der Waals surface area contributed by atoms with Gasteiger partial charge in [0, 0.05) is 24.9 Å². The molecule has 0 aromatic rings. The van der Waals surface area contributed by atoms with Gasteiger partial charge < -0.3 is 10.4 Å². The SMILES string of the molecule is CCN(CC)C1(O)NC(=O)C=C(C)N1. The van der Waals surface area contributed by atoms with Crippen molar-refractivity contribution in [3.05, 3.63) is 11.8 Å². The third kappa shape index (κ3) is 2.05. The van der Waals surface area contributed by atoms with E-state index >= 15 is 0 Å². The van der Waals surface area contributed by atoms with Crippen molar-refractivity contribution in [3.63, 3.8) is 0 Å². The molecule has 1 heterocycles. The highest BCUT2D eigenvalue weighted by molar-refractivity contribution is 5.89. The molecule has 0 saturated carbocycles. The molecule has 80 valence electrons. The zero-order valence-corrected chi connectivity index (χ0v) is 8.79. The van der Waals surface area contributed by atoms with Crippen LogP contribution >= 0.6 is 0 Å². The molecule has 1 aliphatic rings. The van der Waals surface area contributed by atoms with E-state index in [0.717, 1.165) is 0 Å². The van der Waals surface area contributed by atoms with Crippen molar-refractivity contribution in [2.45, 2.75) is 26.7 Å². The summed E-state index contributed by atoms with van der Waals surface area (Å²) < 4.78 is 0. The Morgan fingerprint density at radius 2 is 2.00 bits per heavy atom. The Labute approximate surface area is 83.8 Å². The predicted octanol–water partition coefficient (Wildman–Crippen LogP) is -0.445. The molecule has 5 heteroatoms. The van der Waals surface area contributed by atoms with E-state index in [2.05, 4.69) is 10.6 Å². The van der Waals surface area contributed by atoms with Crippen LogP contribution in [-0.4, -0.2) is 35.0 Å². The maximum atomic E-state index is 11.2. The summed E-state index contributed by atoms with van der Waals surface area (Å²) in [6.07, 6.45) is 1.41. The lowest BCUT2D eigenvalue weighted by atomic mass is 10.3. The molecule has 0 aromatic carbocycles. The number of nitrogens with zero attached hydrogens (tertiary/aromatic N) is 1. The van der Waals surface area contributed by atoms with E-state index in [0.29, 0.717) is 18.8 Å². The summed E-state index contributed by atoms with van der Waals surface area (Å²) in [5, 5.41) is 15.4. The fourth-order valence-corrected chi connectivity index (χ4v) is 1.59. The number of nitrogens with one attached hydrogen (secondary N) is 2. The number of allylic oxidation sites excluding steroid dienone is 1. The molecule has 1 rings (SSSR count). The lowest BCUT2D eigenvalue weighted by Gasteiger charge is -2.41. The Hall–Kier alpha value is -1.07. The van der Waals surface area contributed by atoms with Gasteiger partial charge in [-0.2, -0.15) is 0 Å². The van der Waals surface area contributed by atoms with Crippen LogP contribution in [0.3, 0.4) is 0 Å². The summed E-state index contributed by atoms with van der Waals surface area (Å²) in [4.78, 5) is 12.9. The van der Waals surface area contributed by atoms with Crippen LogP contribution in [0.4, 0.5) is 0 Å². The molecule has 0 radical (unpaired) electrons. The van der Waals surface area contributed by atoms with Crippen molar-refractivity contribution in [3.8, 4) is 0 Å². The molecule has 5 nitrogen and oxygen atoms in total. The number of hydrogen-bond donors (Lipinski definition) is 3. The van der Waals surface area contributed by atoms with Crippen molar-refractivity contribution >= 4 is 5.91 Å².